The minimum absolute atomic E-state index is 0.330. The van der Waals surface area contributed by atoms with Crippen molar-refractivity contribution in [2.45, 2.75) is 26.7 Å². The predicted octanol–water partition coefficient (Wildman–Crippen LogP) is 3.09. The van der Waals surface area contributed by atoms with Crippen molar-refractivity contribution in [1.29, 1.82) is 0 Å². The zero-order chi connectivity index (χ0) is 11.3. The van der Waals surface area contributed by atoms with Crippen LogP contribution in [0.15, 0.2) is 12.7 Å². The minimum atomic E-state index is 0.330. The van der Waals surface area contributed by atoms with Crippen LogP contribution in [0.1, 0.15) is 24.2 Å². The molecule has 0 aromatic carbocycles. The van der Waals surface area contributed by atoms with Gasteiger partial charge in [-0.15, -0.1) is 6.58 Å². The molecule has 3 nitrogen and oxygen atoms in total. The van der Waals surface area contributed by atoms with Gasteiger partial charge in [-0.2, -0.15) is 0 Å². The Morgan fingerprint density at radius 3 is 2.67 bits per heavy atom. The van der Waals surface area contributed by atoms with Crippen LogP contribution in [0, 0.1) is 13.8 Å². The Hall–Kier alpha value is -1.09. The topological polar surface area (TPSA) is 35.0 Å². The van der Waals surface area contributed by atoms with E-state index in [-0.39, 0.29) is 0 Å². The van der Waals surface area contributed by atoms with Gasteiger partial charge in [0, 0.05) is 0 Å². The minimum Gasteiger partial charge on any atom is -0.475 e. The lowest BCUT2D eigenvalue weighted by Gasteiger charge is -2.07. The first-order valence-electron chi connectivity index (χ1n) is 4.89. The van der Waals surface area contributed by atoms with E-state index in [4.69, 9.17) is 16.3 Å². The Kier molecular flexibility index (Phi) is 4.56. The highest BCUT2D eigenvalue weighted by atomic mass is 35.5. The van der Waals surface area contributed by atoms with Gasteiger partial charge in [-0.25, -0.2) is 9.97 Å². The van der Waals surface area contributed by atoms with Gasteiger partial charge in [-0.1, -0.05) is 17.7 Å². The van der Waals surface area contributed by atoms with E-state index in [1.165, 1.54) is 0 Å². The maximum Gasteiger partial charge on any atom is 0.252 e. The van der Waals surface area contributed by atoms with Crippen LogP contribution in [0.4, 0.5) is 0 Å². The van der Waals surface area contributed by atoms with Crippen molar-refractivity contribution in [3.8, 4) is 5.88 Å². The third-order valence-corrected chi connectivity index (χ3v) is 2.27. The smallest absolute Gasteiger partial charge is 0.252 e. The lowest BCUT2D eigenvalue weighted by molar-refractivity contribution is 0.298. The number of hydrogen-bond donors (Lipinski definition) is 0. The molecule has 0 unspecified atom stereocenters. The summed E-state index contributed by atoms with van der Waals surface area (Å²) < 4.78 is 5.42. The van der Waals surface area contributed by atoms with Crippen molar-refractivity contribution < 1.29 is 4.74 Å². The highest BCUT2D eigenvalue weighted by molar-refractivity contribution is 6.30. The lowest BCUT2D eigenvalue weighted by Crippen LogP contribution is -2.03. The van der Waals surface area contributed by atoms with Gasteiger partial charge >= 0.3 is 0 Å². The largest absolute Gasteiger partial charge is 0.475 e. The molecule has 0 amide bonds. The lowest BCUT2D eigenvalue weighted by atomic mass is 10.3. The number of unbranched alkanes of at least 4 members (excludes halogenated alkanes) is 1. The highest BCUT2D eigenvalue weighted by Crippen LogP contribution is 2.20. The van der Waals surface area contributed by atoms with E-state index in [0.29, 0.717) is 17.6 Å². The number of aryl methyl sites for hydroxylation is 2. The van der Waals surface area contributed by atoms with Crippen LogP contribution in [0.25, 0.3) is 0 Å². The average molecular weight is 227 g/mol. The first-order chi connectivity index (χ1) is 7.15. The molecule has 82 valence electrons. The van der Waals surface area contributed by atoms with E-state index in [0.717, 1.165) is 24.2 Å². The molecule has 1 aromatic heterocycles. The first-order valence-corrected chi connectivity index (χ1v) is 5.27. The van der Waals surface area contributed by atoms with Gasteiger partial charge in [0.15, 0.2) is 5.15 Å². The molecule has 0 saturated carbocycles. The first kappa shape index (κ1) is 12.0. The van der Waals surface area contributed by atoms with Gasteiger partial charge in [0.25, 0.3) is 5.88 Å². The number of nitrogens with zero attached hydrogens (tertiary/aromatic N) is 2. The monoisotopic (exact) mass is 226 g/mol. The van der Waals surface area contributed by atoms with Crippen molar-refractivity contribution in [1.82, 2.24) is 9.97 Å². The van der Waals surface area contributed by atoms with Crippen molar-refractivity contribution in [2.24, 2.45) is 0 Å². The van der Waals surface area contributed by atoms with Gasteiger partial charge in [0.05, 0.1) is 18.0 Å². The maximum absolute atomic E-state index is 5.90. The zero-order valence-corrected chi connectivity index (χ0v) is 9.84. The Labute approximate surface area is 95.2 Å². The zero-order valence-electron chi connectivity index (χ0n) is 9.09. The second-order valence-corrected chi connectivity index (χ2v) is 3.63. The maximum atomic E-state index is 5.90. The average Bonchev–Trinajstić information content (AvgIpc) is 2.20. The second kappa shape index (κ2) is 5.71. The van der Waals surface area contributed by atoms with Gasteiger partial charge in [0.2, 0.25) is 0 Å². The van der Waals surface area contributed by atoms with Crippen molar-refractivity contribution in [2.75, 3.05) is 6.61 Å². The number of ether oxygens (including phenoxy) is 1. The second-order valence-electron chi connectivity index (χ2n) is 3.27. The fourth-order valence-electron chi connectivity index (χ4n) is 1.04. The van der Waals surface area contributed by atoms with Gasteiger partial charge in [-0.3, -0.25) is 0 Å². The molecule has 1 heterocycles. The van der Waals surface area contributed by atoms with E-state index in [9.17, 15) is 0 Å². The predicted molar refractivity (Wildman–Crippen MR) is 61.4 cm³/mol. The summed E-state index contributed by atoms with van der Waals surface area (Å²) in [5.41, 5.74) is 1.68. The Morgan fingerprint density at radius 1 is 1.33 bits per heavy atom. The third kappa shape index (κ3) is 3.51. The molecular weight excluding hydrogens is 212 g/mol. The van der Waals surface area contributed by atoms with Crippen LogP contribution in [-0.2, 0) is 0 Å². The summed E-state index contributed by atoms with van der Waals surface area (Å²) in [4.78, 5) is 8.36. The number of hydrogen-bond acceptors (Lipinski definition) is 3. The molecule has 4 heteroatoms. The number of aromatic nitrogens is 2. The van der Waals surface area contributed by atoms with Gasteiger partial charge in [-0.05, 0) is 26.7 Å². The van der Waals surface area contributed by atoms with Crippen molar-refractivity contribution in [3.05, 3.63) is 29.2 Å². The van der Waals surface area contributed by atoms with E-state index < -0.39 is 0 Å². The molecule has 15 heavy (non-hydrogen) atoms. The van der Waals surface area contributed by atoms with E-state index in [1.54, 1.807) is 0 Å². The summed E-state index contributed by atoms with van der Waals surface area (Å²) in [6, 6.07) is 0. The SMILES string of the molecule is C=CCCCOc1nc(C)c(C)nc1Cl. The Balaban J connectivity index is 2.61. The van der Waals surface area contributed by atoms with Crippen molar-refractivity contribution >= 4 is 11.6 Å². The fraction of sp³-hybridized carbons (Fsp3) is 0.455. The standard InChI is InChI=1S/C11H15ClN2O/c1-4-5-6-7-15-11-10(12)13-8(2)9(3)14-11/h4H,1,5-7H2,2-3H3. The van der Waals surface area contributed by atoms with E-state index in [1.807, 2.05) is 19.9 Å². The molecule has 0 saturated heterocycles. The normalized spacial score (nSPS) is 10.1. The van der Waals surface area contributed by atoms with E-state index >= 15 is 0 Å². The molecule has 0 aliphatic rings. The van der Waals surface area contributed by atoms with Gasteiger partial charge in [0.1, 0.15) is 0 Å². The summed E-state index contributed by atoms with van der Waals surface area (Å²) in [6.07, 6.45) is 3.70. The Bertz CT molecular complexity index is 353. The van der Waals surface area contributed by atoms with Crippen LogP contribution in [0.2, 0.25) is 5.15 Å². The summed E-state index contributed by atoms with van der Waals surface area (Å²) in [5, 5.41) is 0.330. The summed E-state index contributed by atoms with van der Waals surface area (Å²) in [6.45, 7) is 7.98. The number of halogens is 1. The molecule has 0 N–H and O–H groups in total. The van der Waals surface area contributed by atoms with Crippen LogP contribution >= 0.6 is 11.6 Å². The fourth-order valence-corrected chi connectivity index (χ4v) is 1.27. The number of rotatable bonds is 5. The third-order valence-electron chi connectivity index (χ3n) is 2.03. The summed E-state index contributed by atoms with van der Waals surface area (Å²) in [5.74, 6) is 0.420. The van der Waals surface area contributed by atoms with Crippen molar-refractivity contribution in [3.63, 3.8) is 0 Å². The molecule has 0 atom stereocenters. The highest BCUT2D eigenvalue weighted by Gasteiger charge is 2.07. The summed E-state index contributed by atoms with van der Waals surface area (Å²) in [7, 11) is 0. The molecule has 0 aliphatic carbocycles. The summed E-state index contributed by atoms with van der Waals surface area (Å²) >= 11 is 5.90. The molecule has 0 spiro atoms. The molecule has 1 rings (SSSR count). The van der Waals surface area contributed by atoms with Crippen LogP contribution < -0.4 is 4.74 Å². The number of allylic oxidation sites excluding steroid dienone is 1. The van der Waals surface area contributed by atoms with Crippen LogP contribution in [0.5, 0.6) is 5.88 Å². The quantitative estimate of drug-likeness (QED) is 0.572. The van der Waals surface area contributed by atoms with E-state index in [2.05, 4.69) is 16.5 Å². The molecular formula is C11H15ClN2O. The molecule has 0 radical (unpaired) electrons. The molecule has 0 bridgehead atoms. The van der Waals surface area contributed by atoms with Crippen LogP contribution in [-0.4, -0.2) is 16.6 Å². The van der Waals surface area contributed by atoms with Gasteiger partial charge < -0.3 is 4.74 Å². The Morgan fingerprint density at radius 2 is 2.00 bits per heavy atom. The molecule has 0 fully saturated rings. The molecule has 0 aliphatic heterocycles. The van der Waals surface area contributed by atoms with Crippen LogP contribution in [0.3, 0.4) is 0 Å². The molecule has 1 aromatic rings.